The fourth-order valence-electron chi connectivity index (χ4n) is 1.25. The monoisotopic (exact) mass is 268 g/mol. The van der Waals surface area contributed by atoms with Gasteiger partial charge in [0, 0.05) is 18.5 Å². The summed E-state index contributed by atoms with van der Waals surface area (Å²) in [5.41, 5.74) is -0.361. The zero-order chi connectivity index (χ0) is 13.6. The Morgan fingerprint density at radius 3 is 2.44 bits per heavy atom. The molecule has 2 N–H and O–H groups in total. The number of rotatable bonds is 5. The van der Waals surface area contributed by atoms with Gasteiger partial charge in [-0.05, 0) is 17.9 Å². The van der Waals surface area contributed by atoms with E-state index in [0.29, 0.717) is 18.0 Å². The minimum absolute atomic E-state index is 0.0343. The van der Waals surface area contributed by atoms with Gasteiger partial charge in [-0.1, -0.05) is 26.8 Å². The first-order chi connectivity index (χ1) is 8.41. The van der Waals surface area contributed by atoms with Crippen molar-refractivity contribution in [2.45, 2.75) is 27.2 Å². The highest BCUT2D eigenvalue weighted by molar-refractivity contribution is 7.12. The van der Waals surface area contributed by atoms with Crippen LogP contribution < -0.4 is 10.6 Å². The molecule has 0 atom stereocenters. The van der Waals surface area contributed by atoms with Crippen LogP contribution in [0.4, 0.5) is 0 Å². The first-order valence-electron chi connectivity index (χ1n) is 6.01. The quantitative estimate of drug-likeness (QED) is 0.803. The molecule has 0 fully saturated rings. The highest BCUT2D eigenvalue weighted by Crippen LogP contribution is 2.12. The molecule has 1 rings (SSSR count). The van der Waals surface area contributed by atoms with E-state index in [1.807, 2.05) is 32.2 Å². The zero-order valence-electron chi connectivity index (χ0n) is 11.1. The molecule has 1 aromatic heterocycles. The molecular formula is C13H20N2O2S. The fourth-order valence-corrected chi connectivity index (χ4v) is 1.89. The van der Waals surface area contributed by atoms with Crippen LogP contribution in [0.5, 0.6) is 0 Å². The van der Waals surface area contributed by atoms with Crippen molar-refractivity contribution in [1.29, 1.82) is 0 Å². The van der Waals surface area contributed by atoms with E-state index in [1.54, 1.807) is 6.07 Å². The Kier molecular flexibility index (Phi) is 5.34. The summed E-state index contributed by atoms with van der Waals surface area (Å²) in [5, 5.41) is 7.53. The van der Waals surface area contributed by atoms with E-state index >= 15 is 0 Å². The van der Waals surface area contributed by atoms with Gasteiger partial charge in [-0.2, -0.15) is 0 Å². The number of thiophene rings is 1. The molecule has 0 radical (unpaired) electrons. The normalized spacial score (nSPS) is 11.1. The van der Waals surface area contributed by atoms with Gasteiger partial charge in [-0.15, -0.1) is 11.3 Å². The van der Waals surface area contributed by atoms with Gasteiger partial charge >= 0.3 is 0 Å². The van der Waals surface area contributed by atoms with Gasteiger partial charge < -0.3 is 10.6 Å². The number of amides is 2. The van der Waals surface area contributed by atoms with Crippen molar-refractivity contribution >= 4 is 23.2 Å². The number of nitrogens with one attached hydrogen (secondary N) is 2. The highest BCUT2D eigenvalue weighted by Gasteiger charge is 2.20. The van der Waals surface area contributed by atoms with Crippen LogP contribution in [0.15, 0.2) is 17.5 Å². The third-order valence-electron chi connectivity index (χ3n) is 2.35. The van der Waals surface area contributed by atoms with E-state index < -0.39 is 0 Å². The summed E-state index contributed by atoms with van der Waals surface area (Å²) in [4.78, 5) is 23.8. The van der Waals surface area contributed by atoms with Crippen molar-refractivity contribution < 1.29 is 9.59 Å². The van der Waals surface area contributed by atoms with E-state index in [2.05, 4.69) is 10.6 Å². The van der Waals surface area contributed by atoms with Crippen LogP contribution in [0.2, 0.25) is 0 Å². The van der Waals surface area contributed by atoms with Gasteiger partial charge in [-0.25, -0.2) is 0 Å². The molecule has 0 spiro atoms. The maximum atomic E-state index is 11.6. The van der Waals surface area contributed by atoms with Crippen molar-refractivity contribution in [3.63, 3.8) is 0 Å². The van der Waals surface area contributed by atoms with Crippen molar-refractivity contribution in [2.24, 2.45) is 5.41 Å². The van der Waals surface area contributed by atoms with Crippen molar-refractivity contribution in [3.05, 3.63) is 22.4 Å². The van der Waals surface area contributed by atoms with Gasteiger partial charge in [0.25, 0.3) is 5.91 Å². The maximum Gasteiger partial charge on any atom is 0.261 e. The Bertz CT molecular complexity index is 394. The summed E-state index contributed by atoms with van der Waals surface area (Å²) in [7, 11) is 0. The largest absolute Gasteiger partial charge is 0.356 e. The lowest BCUT2D eigenvalue weighted by Gasteiger charge is -2.17. The first-order valence-corrected chi connectivity index (χ1v) is 6.89. The lowest BCUT2D eigenvalue weighted by Crippen LogP contribution is -2.36. The Hall–Kier alpha value is -1.36. The average molecular weight is 268 g/mol. The summed E-state index contributed by atoms with van der Waals surface area (Å²) >= 11 is 1.42. The summed E-state index contributed by atoms with van der Waals surface area (Å²) in [5.74, 6) is -0.0146. The van der Waals surface area contributed by atoms with E-state index in [9.17, 15) is 9.59 Å². The summed E-state index contributed by atoms with van der Waals surface area (Å²) in [6.45, 7) is 6.78. The number of hydrogen-bond donors (Lipinski definition) is 2. The molecule has 0 aromatic carbocycles. The SMILES string of the molecule is CC(C)(C)C(=O)NCCCNC(=O)c1cccs1. The zero-order valence-corrected chi connectivity index (χ0v) is 11.9. The van der Waals surface area contributed by atoms with Gasteiger partial charge in [0.2, 0.25) is 5.91 Å². The second kappa shape index (κ2) is 6.54. The smallest absolute Gasteiger partial charge is 0.261 e. The molecule has 18 heavy (non-hydrogen) atoms. The van der Waals surface area contributed by atoms with E-state index in [1.165, 1.54) is 11.3 Å². The summed E-state index contributed by atoms with van der Waals surface area (Å²) in [6.07, 6.45) is 0.735. The first kappa shape index (κ1) is 14.7. The lowest BCUT2D eigenvalue weighted by atomic mass is 9.96. The Morgan fingerprint density at radius 2 is 1.89 bits per heavy atom. The molecule has 5 heteroatoms. The van der Waals surface area contributed by atoms with Crippen LogP contribution in [0.3, 0.4) is 0 Å². The van der Waals surface area contributed by atoms with Gasteiger partial charge in [0.05, 0.1) is 4.88 Å². The fraction of sp³-hybridized carbons (Fsp3) is 0.538. The summed E-state index contributed by atoms with van der Waals surface area (Å²) in [6, 6.07) is 3.64. The molecule has 0 unspecified atom stereocenters. The van der Waals surface area contributed by atoms with Crippen LogP contribution in [-0.2, 0) is 4.79 Å². The number of carbonyl (C=O) groups is 2. The second-order valence-corrected chi connectivity index (χ2v) is 6.04. The van der Waals surface area contributed by atoms with E-state index in [0.717, 1.165) is 6.42 Å². The van der Waals surface area contributed by atoms with Crippen molar-refractivity contribution in [2.75, 3.05) is 13.1 Å². The van der Waals surface area contributed by atoms with Crippen LogP contribution in [0, 0.1) is 5.41 Å². The topological polar surface area (TPSA) is 58.2 Å². The average Bonchev–Trinajstić information content (AvgIpc) is 2.80. The van der Waals surface area contributed by atoms with Crippen LogP contribution >= 0.6 is 11.3 Å². The van der Waals surface area contributed by atoms with Crippen LogP contribution in [-0.4, -0.2) is 24.9 Å². The Balaban J connectivity index is 2.13. The Morgan fingerprint density at radius 1 is 1.22 bits per heavy atom. The molecule has 1 heterocycles. The molecule has 0 aliphatic carbocycles. The molecule has 100 valence electrons. The van der Waals surface area contributed by atoms with Gasteiger partial charge in [-0.3, -0.25) is 9.59 Å². The molecule has 2 amide bonds. The van der Waals surface area contributed by atoms with Crippen molar-refractivity contribution in [1.82, 2.24) is 10.6 Å². The lowest BCUT2D eigenvalue weighted by molar-refractivity contribution is -0.128. The predicted octanol–water partition coefficient (Wildman–Crippen LogP) is 2.03. The number of hydrogen-bond acceptors (Lipinski definition) is 3. The molecule has 0 aliphatic rings. The minimum Gasteiger partial charge on any atom is -0.356 e. The van der Waals surface area contributed by atoms with E-state index in [-0.39, 0.29) is 17.2 Å². The van der Waals surface area contributed by atoms with Crippen LogP contribution in [0.1, 0.15) is 36.9 Å². The molecule has 1 aromatic rings. The highest BCUT2D eigenvalue weighted by atomic mass is 32.1. The molecule has 0 saturated carbocycles. The molecule has 0 bridgehead atoms. The van der Waals surface area contributed by atoms with Crippen LogP contribution in [0.25, 0.3) is 0 Å². The van der Waals surface area contributed by atoms with Gasteiger partial charge in [0.15, 0.2) is 0 Å². The third kappa shape index (κ3) is 4.87. The second-order valence-electron chi connectivity index (χ2n) is 5.09. The molecule has 0 saturated heterocycles. The summed E-state index contributed by atoms with van der Waals surface area (Å²) < 4.78 is 0. The van der Waals surface area contributed by atoms with Crippen molar-refractivity contribution in [3.8, 4) is 0 Å². The van der Waals surface area contributed by atoms with E-state index in [4.69, 9.17) is 0 Å². The predicted molar refractivity (Wildman–Crippen MR) is 73.7 cm³/mol. The van der Waals surface area contributed by atoms with Gasteiger partial charge in [0.1, 0.15) is 0 Å². The number of carbonyl (C=O) groups excluding carboxylic acids is 2. The minimum atomic E-state index is -0.361. The Labute approximate surface area is 112 Å². The standard InChI is InChI=1S/C13H20N2O2S/c1-13(2,3)12(17)15-8-5-7-14-11(16)10-6-4-9-18-10/h4,6,9H,5,7-8H2,1-3H3,(H,14,16)(H,15,17). The maximum absolute atomic E-state index is 11.6. The molecule has 0 aliphatic heterocycles. The molecular weight excluding hydrogens is 248 g/mol. The molecule has 4 nitrogen and oxygen atoms in total. The third-order valence-corrected chi connectivity index (χ3v) is 3.22.